The molecule has 0 saturated heterocycles. The predicted molar refractivity (Wildman–Crippen MR) is 118 cm³/mol. The maximum absolute atomic E-state index is 13.4. The fraction of sp³-hybridized carbons (Fsp3) is 0.409. The summed E-state index contributed by atoms with van der Waals surface area (Å²) in [5.41, 5.74) is -0.513. The molecule has 176 valence electrons. The Kier molecular flexibility index (Phi) is 6.46. The fourth-order valence-corrected chi connectivity index (χ4v) is 4.59. The lowest BCUT2D eigenvalue weighted by Crippen LogP contribution is -2.32. The molecule has 0 unspecified atom stereocenters. The molecule has 1 fully saturated rings. The molecule has 1 aliphatic carbocycles. The number of esters is 1. The maximum Gasteiger partial charge on any atom is 0.417 e. The van der Waals surface area contributed by atoms with Gasteiger partial charge >= 0.3 is 17.8 Å². The number of fused-ring (bicyclic) bond motifs is 1. The van der Waals surface area contributed by atoms with Crippen LogP contribution in [0.1, 0.15) is 49.8 Å². The second kappa shape index (κ2) is 9.02. The highest BCUT2D eigenvalue weighted by Gasteiger charge is 2.33. The molecule has 6 nitrogen and oxygen atoms in total. The Morgan fingerprint density at radius 1 is 1.15 bits per heavy atom. The van der Waals surface area contributed by atoms with Crippen LogP contribution in [0, 0.1) is 0 Å². The predicted octanol–water partition coefficient (Wildman–Crippen LogP) is 5.62. The van der Waals surface area contributed by atoms with Crippen molar-refractivity contribution in [2.24, 2.45) is 0 Å². The number of alkyl halides is 3. The molecule has 0 N–H and O–H groups in total. The quantitative estimate of drug-likeness (QED) is 0.435. The average molecular weight is 502 g/mol. The number of hydrogen-bond donors (Lipinski definition) is 0. The highest BCUT2D eigenvalue weighted by molar-refractivity contribution is 6.42. The van der Waals surface area contributed by atoms with Crippen molar-refractivity contribution in [3.63, 3.8) is 0 Å². The molecule has 0 aliphatic heterocycles. The summed E-state index contributed by atoms with van der Waals surface area (Å²) >= 11 is 12.0. The molecule has 2 aromatic heterocycles. The fourth-order valence-electron chi connectivity index (χ4n) is 4.27. The normalized spacial score (nSPS) is 19.1. The minimum atomic E-state index is -4.60. The van der Waals surface area contributed by atoms with Crippen LogP contribution in [0.25, 0.3) is 11.2 Å². The second-order valence-corrected chi connectivity index (χ2v) is 8.91. The number of aromatic nitrogens is 3. The largest absolute Gasteiger partial charge is 0.463 e. The number of ether oxygens (including phenoxy) is 1. The van der Waals surface area contributed by atoms with Gasteiger partial charge in [0.15, 0.2) is 5.65 Å². The monoisotopic (exact) mass is 501 g/mol. The number of benzene rings is 1. The van der Waals surface area contributed by atoms with Crippen LogP contribution < -0.4 is 5.69 Å². The van der Waals surface area contributed by atoms with E-state index in [1.165, 1.54) is 16.1 Å². The molecule has 33 heavy (non-hydrogen) atoms. The SMILES string of the molecule is CC(=O)OC1CCC(n2c(=O)n(Cc3ccc(Cl)c(Cl)c3)c3cc(C(F)(F)F)cnc32)CC1. The Hall–Kier alpha value is -2.52. The van der Waals surface area contributed by atoms with Gasteiger partial charge in [-0.1, -0.05) is 29.3 Å². The lowest BCUT2D eigenvalue weighted by atomic mass is 9.93. The Labute approximate surface area is 196 Å². The molecule has 2 heterocycles. The van der Waals surface area contributed by atoms with Crippen LogP contribution in [0.15, 0.2) is 35.3 Å². The molecule has 0 atom stereocenters. The summed E-state index contributed by atoms with van der Waals surface area (Å²) in [5, 5.41) is 0.615. The van der Waals surface area contributed by atoms with Crippen LogP contribution in [0.5, 0.6) is 0 Å². The van der Waals surface area contributed by atoms with Crippen LogP contribution in [0.2, 0.25) is 10.0 Å². The van der Waals surface area contributed by atoms with E-state index in [1.54, 1.807) is 18.2 Å². The van der Waals surface area contributed by atoms with Gasteiger partial charge < -0.3 is 4.74 Å². The molecule has 4 rings (SSSR count). The van der Waals surface area contributed by atoms with Crippen LogP contribution in [0.3, 0.4) is 0 Å². The third kappa shape index (κ3) is 4.89. The van der Waals surface area contributed by atoms with Gasteiger partial charge in [0, 0.05) is 19.2 Å². The first-order valence-electron chi connectivity index (χ1n) is 10.3. The van der Waals surface area contributed by atoms with Gasteiger partial charge in [0.1, 0.15) is 6.10 Å². The van der Waals surface area contributed by atoms with Crippen LogP contribution in [0.4, 0.5) is 13.2 Å². The molecule has 0 bridgehead atoms. The van der Waals surface area contributed by atoms with Gasteiger partial charge in [0.2, 0.25) is 0 Å². The number of hydrogen-bond acceptors (Lipinski definition) is 4. The lowest BCUT2D eigenvalue weighted by Gasteiger charge is -2.28. The summed E-state index contributed by atoms with van der Waals surface area (Å²) in [4.78, 5) is 28.7. The molecular formula is C22H20Cl2F3N3O3. The summed E-state index contributed by atoms with van der Waals surface area (Å²) in [6, 6.07) is 5.48. The number of halogens is 5. The Morgan fingerprint density at radius 2 is 1.85 bits per heavy atom. The highest BCUT2D eigenvalue weighted by Crippen LogP contribution is 2.34. The molecule has 0 spiro atoms. The van der Waals surface area contributed by atoms with Crippen molar-refractivity contribution in [2.75, 3.05) is 0 Å². The first-order valence-corrected chi connectivity index (χ1v) is 11.1. The molecule has 11 heteroatoms. The third-order valence-corrected chi connectivity index (χ3v) is 6.54. The summed E-state index contributed by atoms with van der Waals surface area (Å²) in [7, 11) is 0. The Bertz CT molecular complexity index is 1260. The van der Waals surface area contributed by atoms with E-state index >= 15 is 0 Å². The van der Waals surface area contributed by atoms with Crippen molar-refractivity contribution >= 4 is 40.3 Å². The zero-order chi connectivity index (χ0) is 23.9. The van der Waals surface area contributed by atoms with E-state index in [4.69, 9.17) is 27.9 Å². The summed E-state index contributed by atoms with van der Waals surface area (Å²) in [6.45, 7) is 1.35. The first-order chi connectivity index (χ1) is 15.5. The number of pyridine rings is 1. The van der Waals surface area contributed by atoms with Gasteiger partial charge in [-0.25, -0.2) is 9.78 Å². The average Bonchev–Trinajstić information content (AvgIpc) is 3.01. The third-order valence-electron chi connectivity index (χ3n) is 5.80. The molecular weight excluding hydrogens is 482 g/mol. The Balaban J connectivity index is 1.77. The van der Waals surface area contributed by atoms with Crippen molar-refractivity contribution in [2.45, 2.75) is 57.5 Å². The molecule has 0 radical (unpaired) electrons. The lowest BCUT2D eigenvalue weighted by molar-refractivity contribution is -0.148. The van der Waals surface area contributed by atoms with Gasteiger partial charge in [-0.15, -0.1) is 0 Å². The van der Waals surface area contributed by atoms with Crippen LogP contribution in [-0.4, -0.2) is 26.2 Å². The van der Waals surface area contributed by atoms with Crippen molar-refractivity contribution in [3.8, 4) is 0 Å². The second-order valence-electron chi connectivity index (χ2n) is 8.09. The van der Waals surface area contributed by atoms with Crippen LogP contribution in [-0.2, 0) is 22.3 Å². The maximum atomic E-state index is 13.4. The van der Waals surface area contributed by atoms with Crippen molar-refractivity contribution in [1.29, 1.82) is 0 Å². The molecule has 1 saturated carbocycles. The van der Waals surface area contributed by atoms with Crippen molar-refractivity contribution in [3.05, 3.63) is 62.1 Å². The van der Waals surface area contributed by atoms with E-state index in [2.05, 4.69) is 4.98 Å². The minimum absolute atomic E-state index is 0.00497. The van der Waals surface area contributed by atoms with E-state index in [0.29, 0.717) is 36.3 Å². The number of rotatable bonds is 4. The first kappa shape index (κ1) is 23.6. The standard InChI is InChI=1S/C22H20Cl2F3N3O3/c1-12(31)33-16-5-3-15(4-6-16)30-20-19(9-14(10-28-20)22(25,26)27)29(21(30)32)11-13-2-7-17(23)18(24)8-13/h2,7-10,15-16H,3-6,11H2,1H3. The van der Waals surface area contributed by atoms with Gasteiger partial charge in [0.25, 0.3) is 0 Å². The van der Waals surface area contributed by atoms with Crippen molar-refractivity contribution in [1.82, 2.24) is 14.1 Å². The van der Waals surface area contributed by atoms with Gasteiger partial charge in [-0.05, 0) is 49.4 Å². The summed E-state index contributed by atoms with van der Waals surface area (Å²) in [5.74, 6) is -0.366. The van der Waals surface area contributed by atoms with Crippen LogP contribution >= 0.6 is 23.2 Å². The number of carbonyl (C=O) groups excluding carboxylic acids is 1. The summed E-state index contributed by atoms with van der Waals surface area (Å²) < 4.78 is 48.1. The summed E-state index contributed by atoms with van der Waals surface area (Å²) in [6.07, 6.45) is -1.92. The van der Waals surface area contributed by atoms with E-state index < -0.39 is 17.4 Å². The zero-order valence-corrected chi connectivity index (χ0v) is 19.0. The Morgan fingerprint density at radius 3 is 2.45 bits per heavy atom. The zero-order valence-electron chi connectivity index (χ0n) is 17.5. The van der Waals surface area contributed by atoms with E-state index in [1.807, 2.05) is 0 Å². The van der Waals surface area contributed by atoms with E-state index in [9.17, 15) is 22.8 Å². The molecule has 3 aromatic rings. The number of nitrogens with zero attached hydrogens (tertiary/aromatic N) is 3. The molecule has 0 amide bonds. The van der Waals surface area contributed by atoms with Gasteiger partial charge in [0.05, 0.1) is 27.7 Å². The molecule has 1 aromatic carbocycles. The number of carbonyl (C=O) groups is 1. The number of imidazole rings is 1. The minimum Gasteiger partial charge on any atom is -0.463 e. The topological polar surface area (TPSA) is 66.1 Å². The van der Waals surface area contributed by atoms with Crippen molar-refractivity contribution < 1.29 is 22.7 Å². The smallest absolute Gasteiger partial charge is 0.417 e. The van der Waals surface area contributed by atoms with E-state index in [0.717, 1.165) is 12.3 Å². The van der Waals surface area contributed by atoms with E-state index in [-0.39, 0.29) is 40.8 Å². The van der Waals surface area contributed by atoms with Gasteiger partial charge in [-0.2, -0.15) is 13.2 Å². The van der Waals surface area contributed by atoms with Gasteiger partial charge in [-0.3, -0.25) is 13.9 Å². The molecule has 1 aliphatic rings. The highest BCUT2D eigenvalue weighted by atomic mass is 35.5.